The quantitative estimate of drug-likeness (QED) is 0.798. The lowest BCUT2D eigenvalue weighted by Crippen LogP contribution is -2.24. The summed E-state index contributed by atoms with van der Waals surface area (Å²) >= 11 is 6.11. The lowest BCUT2D eigenvalue weighted by molar-refractivity contribution is 0.191. The largest absolute Gasteiger partial charge is 0.392 e. The van der Waals surface area contributed by atoms with Crippen molar-refractivity contribution in [1.29, 1.82) is 0 Å². The van der Waals surface area contributed by atoms with Crippen LogP contribution >= 0.6 is 11.6 Å². The first kappa shape index (κ1) is 12.5. The van der Waals surface area contributed by atoms with Crippen LogP contribution in [-0.4, -0.2) is 27.5 Å². The van der Waals surface area contributed by atoms with Gasteiger partial charge in [0.2, 0.25) is 0 Å². The number of nitrogens with zero attached hydrogens (tertiary/aromatic N) is 2. The minimum Gasteiger partial charge on any atom is -0.392 e. The van der Waals surface area contributed by atoms with Crippen LogP contribution < -0.4 is 5.32 Å². The van der Waals surface area contributed by atoms with E-state index in [2.05, 4.69) is 17.3 Å². The van der Waals surface area contributed by atoms with Gasteiger partial charge in [-0.1, -0.05) is 18.5 Å². The molecule has 0 spiro atoms. The number of halogens is 1. The van der Waals surface area contributed by atoms with Gasteiger partial charge >= 0.3 is 0 Å². The molecule has 1 heterocycles. The molecule has 0 saturated carbocycles. The first-order chi connectivity index (χ1) is 7.06. The molecular formula is C10H18ClN3O. The third kappa shape index (κ3) is 3.19. The van der Waals surface area contributed by atoms with E-state index < -0.39 is 0 Å². The molecule has 0 aromatic carbocycles. The Kier molecular flexibility index (Phi) is 4.57. The third-order valence-corrected chi connectivity index (χ3v) is 2.70. The molecule has 0 aliphatic carbocycles. The zero-order valence-corrected chi connectivity index (χ0v) is 10.2. The number of aromatic nitrogens is 2. The fourth-order valence-corrected chi connectivity index (χ4v) is 1.68. The number of hydrogen-bond donors (Lipinski definition) is 2. The average Bonchev–Trinajstić information content (AvgIpc) is 2.44. The second-order valence-electron chi connectivity index (χ2n) is 3.67. The highest BCUT2D eigenvalue weighted by molar-refractivity contribution is 6.30. The monoisotopic (exact) mass is 231 g/mol. The number of rotatable bonds is 5. The Morgan fingerprint density at radius 3 is 2.80 bits per heavy atom. The molecule has 1 rings (SSSR count). The summed E-state index contributed by atoms with van der Waals surface area (Å²) in [6.07, 6.45) is 0.525. The van der Waals surface area contributed by atoms with Gasteiger partial charge in [-0.15, -0.1) is 0 Å². The van der Waals surface area contributed by atoms with E-state index in [1.165, 1.54) is 0 Å². The van der Waals surface area contributed by atoms with Crippen LogP contribution in [-0.2, 0) is 20.0 Å². The van der Waals surface area contributed by atoms with E-state index in [-0.39, 0.29) is 6.10 Å². The lowest BCUT2D eigenvalue weighted by atomic mass is 10.2. The maximum atomic E-state index is 9.12. The zero-order valence-electron chi connectivity index (χ0n) is 9.42. The van der Waals surface area contributed by atoms with Gasteiger partial charge in [-0.3, -0.25) is 4.68 Å². The molecule has 0 saturated heterocycles. The molecule has 1 aromatic heterocycles. The number of hydrogen-bond acceptors (Lipinski definition) is 3. The van der Waals surface area contributed by atoms with Crippen LogP contribution in [0.2, 0.25) is 5.15 Å². The van der Waals surface area contributed by atoms with Crippen molar-refractivity contribution in [3.63, 3.8) is 0 Å². The van der Waals surface area contributed by atoms with Gasteiger partial charge in [-0.05, 0) is 13.3 Å². The van der Waals surface area contributed by atoms with Crippen LogP contribution in [0.25, 0.3) is 0 Å². The maximum absolute atomic E-state index is 9.12. The highest BCUT2D eigenvalue weighted by Crippen LogP contribution is 2.19. The SMILES string of the molecule is CCc1nn(C)c(Cl)c1CNC[C@H](C)O. The van der Waals surface area contributed by atoms with Gasteiger partial charge in [0.15, 0.2) is 0 Å². The summed E-state index contributed by atoms with van der Waals surface area (Å²) in [5.41, 5.74) is 2.04. The molecule has 0 unspecified atom stereocenters. The second kappa shape index (κ2) is 5.49. The third-order valence-electron chi connectivity index (χ3n) is 2.23. The standard InChI is InChI=1S/C10H18ClN3O/c1-4-9-8(6-12-5-7(2)15)10(11)14(3)13-9/h7,12,15H,4-6H2,1-3H3/t7-/m0/s1. The fourth-order valence-electron chi connectivity index (χ4n) is 1.46. The number of nitrogens with one attached hydrogen (secondary N) is 1. The Bertz CT molecular complexity index is 323. The van der Waals surface area contributed by atoms with E-state index in [1.807, 2.05) is 7.05 Å². The predicted molar refractivity (Wildman–Crippen MR) is 61.0 cm³/mol. The van der Waals surface area contributed by atoms with E-state index in [0.717, 1.165) is 17.7 Å². The van der Waals surface area contributed by atoms with Crippen molar-refractivity contribution in [1.82, 2.24) is 15.1 Å². The first-order valence-corrected chi connectivity index (χ1v) is 5.53. The minimum absolute atomic E-state index is 0.342. The van der Waals surface area contributed by atoms with Gasteiger partial charge in [0.05, 0.1) is 11.8 Å². The molecule has 0 fully saturated rings. The normalized spacial score (nSPS) is 13.1. The van der Waals surface area contributed by atoms with Gasteiger partial charge in [0.25, 0.3) is 0 Å². The number of aryl methyl sites for hydroxylation is 2. The van der Waals surface area contributed by atoms with Crippen molar-refractivity contribution >= 4 is 11.6 Å². The molecule has 86 valence electrons. The highest BCUT2D eigenvalue weighted by atomic mass is 35.5. The van der Waals surface area contributed by atoms with Crippen LogP contribution in [0.4, 0.5) is 0 Å². The lowest BCUT2D eigenvalue weighted by Gasteiger charge is -2.06. The van der Waals surface area contributed by atoms with Crippen LogP contribution in [0.1, 0.15) is 25.1 Å². The van der Waals surface area contributed by atoms with Crippen molar-refractivity contribution in [2.45, 2.75) is 32.9 Å². The van der Waals surface area contributed by atoms with Crippen LogP contribution in [0.5, 0.6) is 0 Å². The molecule has 0 bridgehead atoms. The maximum Gasteiger partial charge on any atom is 0.131 e. The molecule has 4 nitrogen and oxygen atoms in total. The van der Waals surface area contributed by atoms with Gasteiger partial charge in [-0.25, -0.2) is 0 Å². The van der Waals surface area contributed by atoms with Crippen molar-refractivity contribution in [2.24, 2.45) is 7.05 Å². The molecule has 0 aliphatic heterocycles. The molecule has 1 aromatic rings. The smallest absolute Gasteiger partial charge is 0.131 e. The Hall–Kier alpha value is -0.580. The topological polar surface area (TPSA) is 50.1 Å². The summed E-state index contributed by atoms with van der Waals surface area (Å²) in [7, 11) is 1.83. The van der Waals surface area contributed by atoms with Gasteiger partial charge in [-0.2, -0.15) is 5.10 Å². The van der Waals surface area contributed by atoms with E-state index in [4.69, 9.17) is 16.7 Å². The molecule has 0 amide bonds. The second-order valence-corrected chi connectivity index (χ2v) is 4.03. The van der Waals surface area contributed by atoms with Gasteiger partial charge < -0.3 is 10.4 Å². The average molecular weight is 232 g/mol. The highest BCUT2D eigenvalue weighted by Gasteiger charge is 2.12. The Labute approximate surface area is 95.2 Å². The molecular weight excluding hydrogens is 214 g/mol. The number of aliphatic hydroxyl groups excluding tert-OH is 1. The van der Waals surface area contributed by atoms with E-state index in [9.17, 15) is 0 Å². The summed E-state index contributed by atoms with van der Waals surface area (Å²) in [4.78, 5) is 0. The minimum atomic E-state index is -0.342. The number of aliphatic hydroxyl groups is 1. The summed E-state index contributed by atoms with van der Waals surface area (Å²) in [5.74, 6) is 0. The molecule has 15 heavy (non-hydrogen) atoms. The zero-order chi connectivity index (χ0) is 11.4. The first-order valence-electron chi connectivity index (χ1n) is 5.15. The van der Waals surface area contributed by atoms with Crippen LogP contribution in [0.15, 0.2) is 0 Å². The molecule has 5 heteroatoms. The van der Waals surface area contributed by atoms with Crippen LogP contribution in [0.3, 0.4) is 0 Å². The summed E-state index contributed by atoms with van der Waals surface area (Å²) < 4.78 is 1.68. The summed E-state index contributed by atoms with van der Waals surface area (Å²) in [5, 5.41) is 17.2. The molecule has 0 aliphatic rings. The van der Waals surface area contributed by atoms with Crippen molar-refractivity contribution in [3.8, 4) is 0 Å². The van der Waals surface area contributed by atoms with Gasteiger partial charge in [0.1, 0.15) is 5.15 Å². The molecule has 1 atom stereocenters. The molecule has 2 N–H and O–H groups in total. The van der Waals surface area contributed by atoms with E-state index in [1.54, 1.807) is 11.6 Å². The Morgan fingerprint density at radius 1 is 1.60 bits per heavy atom. The Balaban J connectivity index is 2.66. The van der Waals surface area contributed by atoms with E-state index in [0.29, 0.717) is 18.2 Å². The fraction of sp³-hybridized carbons (Fsp3) is 0.700. The predicted octanol–water partition coefficient (Wildman–Crippen LogP) is 1.11. The summed E-state index contributed by atoms with van der Waals surface area (Å²) in [6, 6.07) is 0. The summed E-state index contributed by atoms with van der Waals surface area (Å²) in [6.45, 7) is 5.02. The molecule has 0 radical (unpaired) electrons. The van der Waals surface area contributed by atoms with Crippen molar-refractivity contribution in [3.05, 3.63) is 16.4 Å². The Morgan fingerprint density at radius 2 is 2.27 bits per heavy atom. The van der Waals surface area contributed by atoms with E-state index >= 15 is 0 Å². The van der Waals surface area contributed by atoms with Crippen molar-refractivity contribution < 1.29 is 5.11 Å². The van der Waals surface area contributed by atoms with Gasteiger partial charge in [0, 0.05) is 25.7 Å². The van der Waals surface area contributed by atoms with Crippen LogP contribution in [0, 0.1) is 0 Å². The van der Waals surface area contributed by atoms with Crippen molar-refractivity contribution in [2.75, 3.05) is 6.54 Å².